The van der Waals surface area contributed by atoms with Crippen LogP contribution < -0.4 is 10.6 Å². The molecule has 4 atom stereocenters. The van der Waals surface area contributed by atoms with Crippen LogP contribution in [-0.4, -0.2) is 53.6 Å². The third kappa shape index (κ3) is 3.97. The molecule has 0 aliphatic carbocycles. The molecule has 0 spiro atoms. The summed E-state index contributed by atoms with van der Waals surface area (Å²) in [6, 6.07) is 7.59. The van der Waals surface area contributed by atoms with Gasteiger partial charge in [-0.1, -0.05) is 6.07 Å². The van der Waals surface area contributed by atoms with Crippen molar-refractivity contribution < 1.29 is 19.0 Å². The van der Waals surface area contributed by atoms with Crippen LogP contribution in [0.1, 0.15) is 0 Å². The number of thiophene rings is 2. The van der Waals surface area contributed by atoms with E-state index in [-0.39, 0.29) is 18.2 Å². The lowest BCUT2D eigenvalue weighted by Gasteiger charge is -2.18. The van der Waals surface area contributed by atoms with Crippen molar-refractivity contribution in [1.82, 2.24) is 9.97 Å². The molecule has 10 heteroatoms. The van der Waals surface area contributed by atoms with Gasteiger partial charge in [-0.3, -0.25) is 5.32 Å². The number of anilines is 2. The van der Waals surface area contributed by atoms with Gasteiger partial charge < -0.3 is 19.5 Å². The monoisotopic (exact) mass is 430 g/mol. The fourth-order valence-corrected chi connectivity index (χ4v) is 4.75. The highest BCUT2D eigenvalue weighted by atomic mass is 32.1. The third-order valence-corrected chi connectivity index (χ3v) is 6.35. The van der Waals surface area contributed by atoms with E-state index in [0.29, 0.717) is 24.8 Å². The van der Waals surface area contributed by atoms with E-state index in [1.165, 1.54) is 11.3 Å². The Kier molecular flexibility index (Phi) is 5.15. The second-order valence-electron chi connectivity index (χ2n) is 6.67. The highest BCUT2D eigenvalue weighted by molar-refractivity contribution is 7.13. The summed E-state index contributed by atoms with van der Waals surface area (Å²) in [5.74, 6) is 0.522. The second kappa shape index (κ2) is 8.07. The van der Waals surface area contributed by atoms with Gasteiger partial charge in [0.1, 0.15) is 12.2 Å². The molecular formula is C19H18N4O4S2. The summed E-state index contributed by atoms with van der Waals surface area (Å²) in [4.78, 5) is 22.1. The number of nitrogens with one attached hydrogen (secondary N) is 2. The molecule has 2 aliphatic heterocycles. The number of nitrogens with zero attached hydrogens (tertiary/aromatic N) is 2. The summed E-state index contributed by atoms with van der Waals surface area (Å²) in [6.45, 7) is 0.717. The number of hydrogen-bond acceptors (Lipinski definition) is 9. The maximum atomic E-state index is 12.1. The zero-order chi connectivity index (χ0) is 19.6. The van der Waals surface area contributed by atoms with E-state index in [9.17, 15) is 4.79 Å². The molecule has 3 aromatic heterocycles. The average molecular weight is 431 g/mol. The molecule has 2 N–H and O–H groups in total. The predicted molar refractivity (Wildman–Crippen MR) is 110 cm³/mol. The minimum absolute atomic E-state index is 0.118. The largest absolute Gasteiger partial charge is 0.441 e. The minimum Gasteiger partial charge on any atom is -0.441 e. The summed E-state index contributed by atoms with van der Waals surface area (Å²) in [5, 5.41) is 11.7. The number of hydrogen-bond donors (Lipinski definition) is 2. The van der Waals surface area contributed by atoms with Gasteiger partial charge in [-0.15, -0.1) is 11.3 Å². The maximum Gasteiger partial charge on any atom is 0.412 e. The number of carbonyl (C=O) groups excluding carboxylic acids is 1. The van der Waals surface area contributed by atoms with Crippen LogP contribution in [0.2, 0.25) is 0 Å². The van der Waals surface area contributed by atoms with Gasteiger partial charge in [-0.25, -0.2) is 14.8 Å². The normalized spacial score (nSPS) is 25.5. The van der Waals surface area contributed by atoms with E-state index in [1.54, 1.807) is 17.5 Å². The van der Waals surface area contributed by atoms with Crippen molar-refractivity contribution in [3.05, 3.63) is 46.6 Å². The van der Waals surface area contributed by atoms with E-state index >= 15 is 0 Å². The summed E-state index contributed by atoms with van der Waals surface area (Å²) in [5.41, 5.74) is 1.58. The van der Waals surface area contributed by atoms with Crippen molar-refractivity contribution in [2.24, 2.45) is 0 Å². The lowest BCUT2D eigenvalue weighted by atomic mass is 10.1. The smallest absolute Gasteiger partial charge is 0.412 e. The number of carbonyl (C=O) groups is 1. The molecule has 0 radical (unpaired) electrons. The van der Waals surface area contributed by atoms with E-state index < -0.39 is 12.2 Å². The standard InChI is InChI=1S/C19H18N4O4S2/c24-19(21-11-4-7-28-10-11)27-14-9-26-16-13(8-25-17(14)16)23-18-20-5-3-12(22-18)15-2-1-6-29-15/h1-7,10,13-14,16-17H,8-9H2,(H,21,24)(H,20,22,23). The minimum atomic E-state index is -0.510. The molecule has 5 rings (SSSR count). The topological polar surface area (TPSA) is 94.6 Å². The van der Waals surface area contributed by atoms with Gasteiger partial charge in [0.25, 0.3) is 0 Å². The third-order valence-electron chi connectivity index (χ3n) is 4.78. The van der Waals surface area contributed by atoms with E-state index in [4.69, 9.17) is 14.2 Å². The van der Waals surface area contributed by atoms with Crippen LogP contribution in [0.4, 0.5) is 16.4 Å². The van der Waals surface area contributed by atoms with Crippen molar-refractivity contribution in [3.63, 3.8) is 0 Å². The molecule has 5 heterocycles. The molecule has 1 amide bonds. The zero-order valence-electron chi connectivity index (χ0n) is 15.2. The van der Waals surface area contributed by atoms with Crippen LogP contribution in [-0.2, 0) is 14.2 Å². The zero-order valence-corrected chi connectivity index (χ0v) is 16.8. The lowest BCUT2D eigenvalue weighted by molar-refractivity contribution is 0.00917. The van der Waals surface area contributed by atoms with Crippen LogP contribution >= 0.6 is 22.7 Å². The maximum absolute atomic E-state index is 12.1. The Morgan fingerprint density at radius 3 is 2.93 bits per heavy atom. The molecule has 29 heavy (non-hydrogen) atoms. The first-order valence-corrected chi connectivity index (χ1v) is 10.9. The molecule has 2 fully saturated rings. The van der Waals surface area contributed by atoms with E-state index in [0.717, 1.165) is 10.6 Å². The number of aromatic nitrogens is 2. The number of amides is 1. The van der Waals surface area contributed by atoms with Gasteiger partial charge in [-0.2, -0.15) is 11.3 Å². The Morgan fingerprint density at radius 2 is 2.10 bits per heavy atom. The summed E-state index contributed by atoms with van der Waals surface area (Å²) in [7, 11) is 0. The Balaban J connectivity index is 1.20. The predicted octanol–water partition coefficient (Wildman–Crippen LogP) is 3.46. The van der Waals surface area contributed by atoms with Crippen molar-refractivity contribution >= 4 is 40.4 Å². The fraction of sp³-hybridized carbons (Fsp3) is 0.316. The SMILES string of the molecule is O=C(Nc1ccsc1)OC1COC2C(Nc3nccc(-c4cccs4)n3)COC12. The van der Waals surface area contributed by atoms with Crippen LogP contribution in [0.15, 0.2) is 46.6 Å². The summed E-state index contributed by atoms with van der Waals surface area (Å²) < 4.78 is 17.3. The summed E-state index contributed by atoms with van der Waals surface area (Å²) in [6.07, 6.45) is 0.214. The Hall–Kier alpha value is -2.53. The van der Waals surface area contributed by atoms with Crippen LogP contribution in [0.5, 0.6) is 0 Å². The molecule has 3 aromatic rings. The van der Waals surface area contributed by atoms with E-state index in [1.807, 2.05) is 40.4 Å². The molecular weight excluding hydrogens is 412 g/mol. The quantitative estimate of drug-likeness (QED) is 0.640. The molecule has 0 aromatic carbocycles. The fourth-order valence-electron chi connectivity index (χ4n) is 3.46. The van der Waals surface area contributed by atoms with Crippen LogP contribution in [0.25, 0.3) is 10.6 Å². The Morgan fingerprint density at radius 1 is 1.17 bits per heavy atom. The first-order valence-electron chi connectivity index (χ1n) is 9.13. The Labute approximate surface area is 174 Å². The molecule has 8 nitrogen and oxygen atoms in total. The second-order valence-corrected chi connectivity index (χ2v) is 8.40. The van der Waals surface area contributed by atoms with Gasteiger partial charge in [0.05, 0.1) is 35.5 Å². The van der Waals surface area contributed by atoms with Crippen molar-refractivity contribution in [1.29, 1.82) is 0 Å². The van der Waals surface area contributed by atoms with Gasteiger partial charge >= 0.3 is 6.09 Å². The first-order chi connectivity index (χ1) is 14.3. The molecule has 2 saturated heterocycles. The van der Waals surface area contributed by atoms with Gasteiger partial charge in [0.15, 0.2) is 6.10 Å². The highest BCUT2D eigenvalue weighted by Crippen LogP contribution is 2.31. The number of fused-ring (bicyclic) bond motifs is 1. The average Bonchev–Trinajstić information content (AvgIpc) is 3.50. The summed E-state index contributed by atoms with van der Waals surface area (Å²) >= 11 is 3.13. The van der Waals surface area contributed by atoms with Gasteiger partial charge in [0.2, 0.25) is 5.95 Å². The van der Waals surface area contributed by atoms with Gasteiger partial charge in [0, 0.05) is 11.6 Å². The Bertz CT molecular complexity index is 967. The molecule has 150 valence electrons. The van der Waals surface area contributed by atoms with Crippen LogP contribution in [0, 0.1) is 0 Å². The highest BCUT2D eigenvalue weighted by Gasteiger charge is 2.49. The molecule has 4 unspecified atom stereocenters. The van der Waals surface area contributed by atoms with Crippen molar-refractivity contribution in [2.75, 3.05) is 23.8 Å². The number of ether oxygens (including phenoxy) is 3. The van der Waals surface area contributed by atoms with Crippen LogP contribution in [0.3, 0.4) is 0 Å². The van der Waals surface area contributed by atoms with Gasteiger partial charge in [-0.05, 0) is 29.0 Å². The van der Waals surface area contributed by atoms with Crippen molar-refractivity contribution in [3.8, 4) is 10.6 Å². The van der Waals surface area contributed by atoms with E-state index in [2.05, 4.69) is 20.6 Å². The number of rotatable bonds is 5. The first kappa shape index (κ1) is 18.5. The molecule has 0 bridgehead atoms. The lowest BCUT2D eigenvalue weighted by Crippen LogP contribution is -2.38. The van der Waals surface area contributed by atoms with Crippen molar-refractivity contribution in [2.45, 2.75) is 24.4 Å². The molecule has 2 aliphatic rings. The molecule has 0 saturated carbocycles.